The molecule has 0 saturated carbocycles. The number of hydrogen-bond acceptors (Lipinski definition) is 4. The number of fused-ring (bicyclic) bond motifs is 3. The fourth-order valence-electron chi connectivity index (χ4n) is 4.87. The summed E-state index contributed by atoms with van der Waals surface area (Å²) in [6.07, 6.45) is 1.32. The van der Waals surface area contributed by atoms with Gasteiger partial charge in [0.15, 0.2) is 0 Å². The SMILES string of the molecule is CC(C)(C)OC(=O)N1CCC[C@H]1C1=NCC(c2ccc3c(c2)C(F)(F)c2cc(Br)ccc2-3)N1. The quantitative estimate of drug-likeness (QED) is 0.530. The van der Waals surface area contributed by atoms with Crippen LogP contribution in [0.25, 0.3) is 11.1 Å². The maximum Gasteiger partial charge on any atom is 0.410 e. The summed E-state index contributed by atoms with van der Waals surface area (Å²) in [7, 11) is 0. The van der Waals surface area contributed by atoms with Gasteiger partial charge < -0.3 is 10.1 Å². The van der Waals surface area contributed by atoms with E-state index in [9.17, 15) is 4.79 Å². The number of nitrogens with one attached hydrogen (secondary N) is 1. The van der Waals surface area contributed by atoms with E-state index in [1.807, 2.05) is 26.8 Å². The van der Waals surface area contributed by atoms with Gasteiger partial charge in [-0.3, -0.25) is 9.89 Å². The molecular weight excluding hydrogens is 492 g/mol. The Morgan fingerprint density at radius 1 is 1.18 bits per heavy atom. The molecule has 1 aliphatic carbocycles. The summed E-state index contributed by atoms with van der Waals surface area (Å²) in [5, 5.41) is 3.39. The molecule has 33 heavy (non-hydrogen) atoms. The second kappa shape index (κ2) is 7.79. The molecule has 5 rings (SSSR count). The van der Waals surface area contributed by atoms with Gasteiger partial charge in [0.25, 0.3) is 5.92 Å². The number of amidine groups is 1. The van der Waals surface area contributed by atoms with Gasteiger partial charge in [0.05, 0.1) is 18.6 Å². The molecule has 1 amide bonds. The van der Waals surface area contributed by atoms with Crippen molar-refractivity contribution in [3.05, 3.63) is 57.6 Å². The number of benzene rings is 2. The smallest absolute Gasteiger partial charge is 0.410 e. The number of rotatable bonds is 2. The van der Waals surface area contributed by atoms with Crippen LogP contribution in [-0.4, -0.2) is 41.6 Å². The van der Waals surface area contributed by atoms with Crippen molar-refractivity contribution in [1.29, 1.82) is 0 Å². The molecule has 0 spiro atoms. The third-order valence-corrected chi connectivity index (χ3v) is 6.85. The molecule has 2 aromatic carbocycles. The van der Waals surface area contributed by atoms with Gasteiger partial charge in [0.2, 0.25) is 0 Å². The topological polar surface area (TPSA) is 53.9 Å². The van der Waals surface area contributed by atoms with E-state index in [1.54, 1.807) is 29.2 Å². The Morgan fingerprint density at radius 3 is 2.61 bits per heavy atom. The third kappa shape index (κ3) is 3.92. The van der Waals surface area contributed by atoms with Crippen molar-refractivity contribution < 1.29 is 18.3 Å². The minimum absolute atomic E-state index is 0.0271. The molecule has 174 valence electrons. The van der Waals surface area contributed by atoms with Crippen LogP contribution in [0.5, 0.6) is 0 Å². The van der Waals surface area contributed by atoms with Gasteiger partial charge in [0, 0.05) is 22.1 Å². The zero-order chi connectivity index (χ0) is 23.5. The highest BCUT2D eigenvalue weighted by molar-refractivity contribution is 9.10. The Bertz CT molecular complexity index is 1160. The summed E-state index contributed by atoms with van der Waals surface area (Å²) >= 11 is 3.30. The summed E-state index contributed by atoms with van der Waals surface area (Å²) in [6, 6.07) is 9.89. The summed E-state index contributed by atoms with van der Waals surface area (Å²) in [5.74, 6) is -2.33. The number of likely N-dealkylation sites (tertiary alicyclic amines) is 1. The number of halogens is 3. The first-order valence-electron chi connectivity index (χ1n) is 11.2. The van der Waals surface area contributed by atoms with Crippen molar-refractivity contribution in [2.75, 3.05) is 13.1 Å². The van der Waals surface area contributed by atoms with Gasteiger partial charge in [-0.05, 0) is 68.5 Å². The fourth-order valence-corrected chi connectivity index (χ4v) is 5.23. The molecule has 2 aromatic rings. The monoisotopic (exact) mass is 517 g/mol. The van der Waals surface area contributed by atoms with Crippen LogP contribution in [-0.2, 0) is 10.7 Å². The van der Waals surface area contributed by atoms with Gasteiger partial charge in [-0.25, -0.2) is 4.79 Å². The van der Waals surface area contributed by atoms with E-state index >= 15 is 8.78 Å². The van der Waals surface area contributed by atoms with Crippen LogP contribution in [0, 0.1) is 0 Å². The molecule has 8 heteroatoms. The first-order chi connectivity index (χ1) is 15.5. The summed E-state index contributed by atoms with van der Waals surface area (Å²) < 4.78 is 36.7. The molecule has 1 fully saturated rings. The standard InChI is InChI=1S/C25H26BrF2N3O2/c1-24(2,3)33-23(32)31-10-4-5-21(31)22-29-13-20(30-22)14-6-8-16-17-9-7-15(26)12-19(17)25(27,28)18(16)11-14/h6-9,11-12,20-21H,4-5,10,13H2,1-3H3,(H,29,30)/t20?,21-/m0/s1. The number of aliphatic imine (C=N–C) groups is 1. The number of amides is 1. The van der Waals surface area contributed by atoms with Crippen LogP contribution in [0.4, 0.5) is 13.6 Å². The van der Waals surface area contributed by atoms with Gasteiger partial charge in [0.1, 0.15) is 11.4 Å². The Balaban J connectivity index is 1.35. The molecule has 0 aromatic heterocycles. The van der Waals surface area contributed by atoms with E-state index in [1.165, 1.54) is 6.07 Å². The maximum absolute atomic E-state index is 15.2. The number of ether oxygens (including phenoxy) is 1. The molecule has 2 heterocycles. The molecule has 1 unspecified atom stereocenters. The van der Waals surface area contributed by atoms with Crippen molar-refractivity contribution in [3.63, 3.8) is 0 Å². The van der Waals surface area contributed by atoms with Crippen LogP contribution in [0.2, 0.25) is 0 Å². The highest BCUT2D eigenvalue weighted by Gasteiger charge is 2.45. The Hall–Kier alpha value is -2.48. The zero-order valence-electron chi connectivity index (χ0n) is 18.8. The van der Waals surface area contributed by atoms with E-state index < -0.39 is 11.5 Å². The first kappa shape index (κ1) is 22.3. The molecule has 5 nitrogen and oxygen atoms in total. The zero-order valence-corrected chi connectivity index (χ0v) is 20.4. The van der Waals surface area contributed by atoms with Gasteiger partial charge >= 0.3 is 6.09 Å². The normalized spacial score (nSPS) is 23.1. The Kier molecular flexibility index (Phi) is 5.27. The number of nitrogens with zero attached hydrogens (tertiary/aromatic N) is 2. The van der Waals surface area contributed by atoms with Gasteiger partial charge in [-0.2, -0.15) is 8.78 Å². The molecular formula is C25H26BrF2N3O2. The molecule has 2 aliphatic heterocycles. The Morgan fingerprint density at radius 2 is 1.88 bits per heavy atom. The predicted molar refractivity (Wildman–Crippen MR) is 127 cm³/mol. The van der Waals surface area contributed by atoms with Crippen LogP contribution < -0.4 is 5.32 Å². The van der Waals surface area contributed by atoms with E-state index in [0.717, 1.165) is 24.2 Å². The second-order valence-corrected chi connectivity index (χ2v) is 10.7. The molecule has 0 bridgehead atoms. The van der Waals surface area contributed by atoms with Crippen molar-refractivity contribution in [1.82, 2.24) is 10.2 Å². The summed E-state index contributed by atoms with van der Waals surface area (Å²) in [6.45, 7) is 6.59. The van der Waals surface area contributed by atoms with Crippen LogP contribution in [0.3, 0.4) is 0 Å². The largest absolute Gasteiger partial charge is 0.444 e. The fraction of sp³-hybridized carbons (Fsp3) is 0.440. The van der Waals surface area contributed by atoms with E-state index in [4.69, 9.17) is 4.74 Å². The Labute approximate surface area is 200 Å². The van der Waals surface area contributed by atoms with Crippen molar-refractivity contribution in [3.8, 4) is 11.1 Å². The third-order valence-electron chi connectivity index (χ3n) is 6.36. The molecule has 1 N–H and O–H groups in total. The lowest BCUT2D eigenvalue weighted by Crippen LogP contribution is -2.46. The molecule has 2 atom stereocenters. The van der Waals surface area contributed by atoms with Gasteiger partial charge in [-0.15, -0.1) is 0 Å². The lowest BCUT2D eigenvalue weighted by molar-refractivity contribution is 0.0264. The molecule has 1 saturated heterocycles. The molecule has 3 aliphatic rings. The minimum Gasteiger partial charge on any atom is -0.444 e. The lowest BCUT2D eigenvalue weighted by Gasteiger charge is -2.29. The highest BCUT2D eigenvalue weighted by atomic mass is 79.9. The van der Waals surface area contributed by atoms with Crippen LogP contribution in [0.1, 0.15) is 56.3 Å². The average Bonchev–Trinajstić information content (AvgIpc) is 3.45. The number of carbonyl (C=O) groups is 1. The first-order valence-corrected chi connectivity index (χ1v) is 12.0. The van der Waals surface area contributed by atoms with Crippen molar-refractivity contribution >= 4 is 27.9 Å². The summed E-state index contributed by atoms with van der Waals surface area (Å²) in [4.78, 5) is 19.0. The van der Waals surface area contributed by atoms with Crippen molar-refractivity contribution in [2.45, 2.75) is 57.2 Å². The van der Waals surface area contributed by atoms with Crippen LogP contribution >= 0.6 is 15.9 Å². The van der Waals surface area contributed by atoms with E-state index in [2.05, 4.69) is 26.2 Å². The molecule has 0 radical (unpaired) electrons. The number of alkyl halides is 2. The van der Waals surface area contributed by atoms with Crippen LogP contribution in [0.15, 0.2) is 45.9 Å². The predicted octanol–water partition coefficient (Wildman–Crippen LogP) is 6.01. The highest BCUT2D eigenvalue weighted by Crippen LogP contribution is 2.52. The van der Waals surface area contributed by atoms with Gasteiger partial charge in [-0.1, -0.05) is 34.1 Å². The number of hydrogen-bond donors (Lipinski definition) is 1. The van der Waals surface area contributed by atoms with E-state index in [0.29, 0.717) is 28.7 Å². The maximum atomic E-state index is 15.2. The van der Waals surface area contributed by atoms with E-state index in [-0.39, 0.29) is 29.3 Å². The second-order valence-electron chi connectivity index (χ2n) is 9.82. The summed E-state index contributed by atoms with van der Waals surface area (Å²) in [5.41, 5.74) is 1.39. The van der Waals surface area contributed by atoms with Crippen molar-refractivity contribution in [2.24, 2.45) is 4.99 Å². The number of carbonyl (C=O) groups excluding carboxylic acids is 1. The lowest BCUT2D eigenvalue weighted by atomic mass is 9.99. The average molecular weight is 518 g/mol. The minimum atomic E-state index is -3.05.